The highest BCUT2D eigenvalue weighted by molar-refractivity contribution is 5.83. The van der Waals surface area contributed by atoms with Gasteiger partial charge in [-0.2, -0.15) is 5.26 Å². The third-order valence-electron chi connectivity index (χ3n) is 5.39. The van der Waals surface area contributed by atoms with E-state index in [0.29, 0.717) is 31.8 Å². The van der Waals surface area contributed by atoms with Crippen molar-refractivity contribution >= 4 is 11.8 Å². The van der Waals surface area contributed by atoms with Crippen molar-refractivity contribution in [3.63, 3.8) is 0 Å². The van der Waals surface area contributed by atoms with Crippen LogP contribution in [0, 0.1) is 23.2 Å². The van der Waals surface area contributed by atoms with Crippen LogP contribution in [-0.2, 0) is 9.59 Å². The Kier molecular flexibility index (Phi) is 6.00. The van der Waals surface area contributed by atoms with E-state index in [-0.39, 0.29) is 5.91 Å². The zero-order valence-corrected chi connectivity index (χ0v) is 14.0. The van der Waals surface area contributed by atoms with Crippen molar-refractivity contribution in [2.45, 2.75) is 56.9 Å². The number of nitrogens with two attached hydrogens (primary N) is 1. The summed E-state index contributed by atoms with van der Waals surface area (Å²) in [5, 5.41) is 12.5. The monoisotopic (exact) mass is 320 g/mol. The molecule has 3 N–H and O–H groups in total. The lowest BCUT2D eigenvalue weighted by Crippen LogP contribution is -2.63. The summed E-state index contributed by atoms with van der Waals surface area (Å²) in [6.45, 7) is 1.08. The molecule has 2 aliphatic rings. The number of carbonyl (C=O) groups is 2. The maximum absolute atomic E-state index is 12.3. The molecule has 6 nitrogen and oxygen atoms in total. The minimum absolute atomic E-state index is 0.132. The summed E-state index contributed by atoms with van der Waals surface area (Å²) in [5.74, 6) is -0.694. The standard InChI is InChI=1S/C17H28N4O2/c1-21-10-9-17(12-18,14(11-21)16(19)23)20-15(22)8-7-13-5-3-2-4-6-13/h13-14H,2-11H2,1H3,(H2,19,23)(H,20,22). The van der Waals surface area contributed by atoms with E-state index >= 15 is 0 Å². The van der Waals surface area contributed by atoms with Gasteiger partial charge in [0.2, 0.25) is 11.8 Å². The maximum Gasteiger partial charge on any atom is 0.225 e. The van der Waals surface area contributed by atoms with Crippen LogP contribution in [0.1, 0.15) is 51.4 Å². The van der Waals surface area contributed by atoms with E-state index in [1.807, 2.05) is 11.9 Å². The zero-order valence-electron chi connectivity index (χ0n) is 14.0. The third kappa shape index (κ3) is 4.44. The Bertz CT molecular complexity index is 481. The number of nitriles is 1. The SMILES string of the molecule is CN1CCC(C#N)(NC(=O)CCC2CCCCC2)C(C(N)=O)C1. The molecule has 0 bridgehead atoms. The van der Waals surface area contributed by atoms with E-state index in [0.717, 1.165) is 6.42 Å². The van der Waals surface area contributed by atoms with Crippen molar-refractivity contribution in [2.24, 2.45) is 17.6 Å². The normalized spacial score (nSPS) is 29.7. The Hall–Kier alpha value is -1.61. The number of rotatable bonds is 5. The molecule has 2 rings (SSSR count). The van der Waals surface area contributed by atoms with Crippen LogP contribution < -0.4 is 11.1 Å². The molecular weight excluding hydrogens is 292 g/mol. The van der Waals surface area contributed by atoms with E-state index in [1.165, 1.54) is 32.1 Å². The molecule has 1 saturated carbocycles. The fourth-order valence-electron chi connectivity index (χ4n) is 3.87. The Balaban J connectivity index is 1.95. The van der Waals surface area contributed by atoms with Gasteiger partial charge in [0.05, 0.1) is 12.0 Å². The number of nitrogens with one attached hydrogen (secondary N) is 1. The average Bonchev–Trinajstić information content (AvgIpc) is 2.55. The summed E-state index contributed by atoms with van der Waals surface area (Å²) in [4.78, 5) is 26.1. The van der Waals surface area contributed by atoms with Crippen LogP contribution in [0.25, 0.3) is 0 Å². The van der Waals surface area contributed by atoms with E-state index in [1.54, 1.807) is 0 Å². The molecular formula is C17H28N4O2. The molecule has 1 heterocycles. The van der Waals surface area contributed by atoms with Gasteiger partial charge in [-0.05, 0) is 25.8 Å². The predicted octanol–water partition coefficient (Wildman–Crippen LogP) is 1.16. The molecule has 0 radical (unpaired) electrons. The Morgan fingerprint density at radius 3 is 2.65 bits per heavy atom. The van der Waals surface area contributed by atoms with Crippen molar-refractivity contribution in [3.8, 4) is 6.07 Å². The second-order valence-corrected chi connectivity index (χ2v) is 7.14. The number of hydrogen-bond donors (Lipinski definition) is 2. The Morgan fingerprint density at radius 1 is 1.35 bits per heavy atom. The largest absolute Gasteiger partial charge is 0.369 e. The van der Waals surface area contributed by atoms with Crippen molar-refractivity contribution < 1.29 is 9.59 Å². The number of carbonyl (C=O) groups excluding carboxylic acids is 2. The highest BCUT2D eigenvalue weighted by Gasteiger charge is 2.47. The van der Waals surface area contributed by atoms with E-state index in [2.05, 4.69) is 11.4 Å². The second kappa shape index (κ2) is 7.78. The molecule has 128 valence electrons. The summed E-state index contributed by atoms with van der Waals surface area (Å²) in [6.07, 6.45) is 7.94. The zero-order chi connectivity index (χ0) is 16.9. The van der Waals surface area contributed by atoms with Crippen LogP contribution in [0.15, 0.2) is 0 Å². The lowest BCUT2D eigenvalue weighted by Gasteiger charge is -2.41. The van der Waals surface area contributed by atoms with Crippen molar-refractivity contribution in [1.82, 2.24) is 10.2 Å². The molecule has 1 aliphatic heterocycles. The molecule has 0 aromatic carbocycles. The van der Waals surface area contributed by atoms with Crippen LogP contribution in [-0.4, -0.2) is 42.4 Å². The maximum atomic E-state index is 12.3. The van der Waals surface area contributed by atoms with Gasteiger partial charge in [0.1, 0.15) is 5.54 Å². The molecule has 23 heavy (non-hydrogen) atoms. The molecule has 2 fully saturated rings. The third-order valence-corrected chi connectivity index (χ3v) is 5.39. The minimum Gasteiger partial charge on any atom is -0.369 e. The molecule has 2 atom stereocenters. The molecule has 0 aromatic heterocycles. The first-order chi connectivity index (χ1) is 11.0. The number of primary amides is 1. The summed E-state index contributed by atoms with van der Waals surface area (Å²) in [5.41, 5.74) is 4.33. The highest BCUT2D eigenvalue weighted by atomic mass is 16.2. The van der Waals surface area contributed by atoms with Crippen molar-refractivity contribution in [3.05, 3.63) is 0 Å². The topological polar surface area (TPSA) is 99.2 Å². The minimum atomic E-state index is -1.15. The van der Waals surface area contributed by atoms with Gasteiger partial charge in [0, 0.05) is 19.5 Å². The molecule has 1 aliphatic carbocycles. The summed E-state index contributed by atoms with van der Waals surface area (Å²) in [6, 6.07) is 2.18. The summed E-state index contributed by atoms with van der Waals surface area (Å²) < 4.78 is 0. The van der Waals surface area contributed by atoms with E-state index in [9.17, 15) is 14.9 Å². The molecule has 0 aromatic rings. The van der Waals surface area contributed by atoms with Crippen LogP contribution in [0.5, 0.6) is 0 Å². The fourth-order valence-corrected chi connectivity index (χ4v) is 3.87. The molecule has 2 unspecified atom stereocenters. The number of nitrogens with zero attached hydrogens (tertiary/aromatic N) is 2. The number of hydrogen-bond acceptors (Lipinski definition) is 4. The molecule has 6 heteroatoms. The number of likely N-dealkylation sites (tertiary alicyclic amines) is 1. The van der Waals surface area contributed by atoms with Gasteiger partial charge in [-0.3, -0.25) is 9.59 Å². The van der Waals surface area contributed by atoms with Gasteiger partial charge in [-0.15, -0.1) is 0 Å². The van der Waals surface area contributed by atoms with E-state index in [4.69, 9.17) is 5.73 Å². The van der Waals surface area contributed by atoms with Crippen molar-refractivity contribution in [2.75, 3.05) is 20.1 Å². The Morgan fingerprint density at radius 2 is 2.04 bits per heavy atom. The first kappa shape index (κ1) is 17.7. The highest BCUT2D eigenvalue weighted by Crippen LogP contribution is 2.29. The predicted molar refractivity (Wildman–Crippen MR) is 87.1 cm³/mol. The average molecular weight is 320 g/mol. The second-order valence-electron chi connectivity index (χ2n) is 7.14. The first-order valence-corrected chi connectivity index (χ1v) is 8.67. The van der Waals surface area contributed by atoms with Crippen LogP contribution in [0.3, 0.4) is 0 Å². The van der Waals surface area contributed by atoms with Gasteiger partial charge in [0.25, 0.3) is 0 Å². The van der Waals surface area contributed by atoms with Gasteiger partial charge in [-0.1, -0.05) is 32.1 Å². The van der Waals surface area contributed by atoms with Crippen LogP contribution in [0.2, 0.25) is 0 Å². The molecule has 1 saturated heterocycles. The quantitative estimate of drug-likeness (QED) is 0.794. The van der Waals surface area contributed by atoms with E-state index < -0.39 is 17.4 Å². The van der Waals surface area contributed by atoms with Gasteiger partial charge in [-0.25, -0.2) is 0 Å². The smallest absolute Gasteiger partial charge is 0.225 e. The summed E-state index contributed by atoms with van der Waals surface area (Å²) >= 11 is 0. The fraction of sp³-hybridized carbons (Fsp3) is 0.824. The van der Waals surface area contributed by atoms with Gasteiger partial charge >= 0.3 is 0 Å². The first-order valence-electron chi connectivity index (χ1n) is 8.67. The number of amides is 2. The lowest BCUT2D eigenvalue weighted by molar-refractivity contribution is -0.129. The summed E-state index contributed by atoms with van der Waals surface area (Å²) in [7, 11) is 1.89. The van der Waals surface area contributed by atoms with Crippen molar-refractivity contribution in [1.29, 1.82) is 5.26 Å². The molecule has 2 amide bonds. The number of piperidine rings is 1. The molecule has 0 spiro atoms. The van der Waals surface area contributed by atoms with Gasteiger partial charge in [0.15, 0.2) is 0 Å². The lowest BCUT2D eigenvalue weighted by atomic mass is 9.78. The van der Waals surface area contributed by atoms with Gasteiger partial charge < -0.3 is 16.0 Å². The Labute approximate surface area is 138 Å². The van der Waals surface area contributed by atoms with Crippen LogP contribution in [0.4, 0.5) is 0 Å². The van der Waals surface area contributed by atoms with Crippen LogP contribution >= 0.6 is 0 Å².